The molecule has 0 amide bonds. The molecule has 1 aromatic heterocycles. The van der Waals surface area contributed by atoms with Gasteiger partial charge in [-0.1, -0.05) is 65.6 Å². The van der Waals surface area contributed by atoms with E-state index in [1.165, 1.54) is 0 Å². The Balaban J connectivity index is 1.69. The molecule has 0 spiro atoms. The molecule has 0 atom stereocenters. The quantitative estimate of drug-likeness (QED) is 0.492. The van der Waals surface area contributed by atoms with Crippen LogP contribution < -0.4 is 0 Å². The highest BCUT2D eigenvalue weighted by atomic mass is 16.4. The Hall–Kier alpha value is -3.38. The fourth-order valence-corrected chi connectivity index (χ4v) is 2.43. The van der Waals surface area contributed by atoms with Gasteiger partial charge in [0.2, 0.25) is 5.89 Å². The van der Waals surface area contributed by atoms with E-state index in [0.717, 1.165) is 21.9 Å². The Bertz CT molecular complexity index is 1020. The molecule has 1 heterocycles. The molecule has 0 unspecified atom stereocenters. The zero-order valence-corrected chi connectivity index (χ0v) is 12.2. The molecule has 23 heavy (non-hydrogen) atoms. The summed E-state index contributed by atoms with van der Waals surface area (Å²) in [4.78, 5) is 0. The minimum absolute atomic E-state index is 0.316. The van der Waals surface area contributed by atoms with E-state index in [1.807, 2.05) is 54.6 Å². The number of fused-ring (bicyclic) bond motifs is 1. The molecule has 3 heteroatoms. The third-order valence-corrected chi connectivity index (χ3v) is 3.54. The van der Waals surface area contributed by atoms with E-state index in [2.05, 4.69) is 40.2 Å². The second-order valence-electron chi connectivity index (χ2n) is 5.06. The highest BCUT2D eigenvalue weighted by Gasteiger charge is 2.05. The van der Waals surface area contributed by atoms with Gasteiger partial charge in [0, 0.05) is 11.1 Å². The van der Waals surface area contributed by atoms with Crippen LogP contribution in [0.1, 0.15) is 11.5 Å². The number of aromatic nitrogens is 2. The van der Waals surface area contributed by atoms with Gasteiger partial charge in [0.05, 0.1) is 0 Å². The van der Waals surface area contributed by atoms with Crippen LogP contribution in [0.5, 0.6) is 0 Å². The second kappa shape index (κ2) is 5.78. The summed E-state index contributed by atoms with van der Waals surface area (Å²) < 4.78 is 5.61. The number of hydrogen-bond acceptors (Lipinski definition) is 3. The minimum atomic E-state index is 0.316. The lowest BCUT2D eigenvalue weighted by Crippen LogP contribution is -1.80. The largest absolute Gasteiger partial charge is 0.410 e. The molecule has 0 radical (unpaired) electrons. The van der Waals surface area contributed by atoms with Crippen molar-refractivity contribution in [3.63, 3.8) is 0 Å². The first kappa shape index (κ1) is 13.3. The summed E-state index contributed by atoms with van der Waals surface area (Å²) in [5, 5.41) is 10.3. The molecule has 0 fully saturated rings. The van der Waals surface area contributed by atoms with Crippen molar-refractivity contribution in [1.29, 1.82) is 0 Å². The maximum Gasteiger partial charge on any atom is 0.294 e. The van der Waals surface area contributed by atoms with Crippen LogP contribution in [0.2, 0.25) is 0 Å². The van der Waals surface area contributed by atoms with Crippen molar-refractivity contribution in [2.45, 2.75) is 0 Å². The maximum absolute atomic E-state index is 5.61. The van der Waals surface area contributed by atoms with Crippen molar-refractivity contribution in [2.24, 2.45) is 0 Å². The van der Waals surface area contributed by atoms with Gasteiger partial charge in [-0.15, -0.1) is 5.10 Å². The van der Waals surface area contributed by atoms with Gasteiger partial charge in [-0.05, 0) is 34.9 Å². The molecule has 0 bridgehead atoms. The summed E-state index contributed by atoms with van der Waals surface area (Å²) in [6, 6.07) is 23.9. The first-order valence-electron chi connectivity index (χ1n) is 7.29. The molecule has 0 saturated carbocycles. The van der Waals surface area contributed by atoms with E-state index in [0.29, 0.717) is 11.8 Å². The molecule has 108 valence electrons. The van der Waals surface area contributed by atoms with Gasteiger partial charge in [-0.3, -0.25) is 0 Å². The standard InChI is InChI=1S/C20H12N2O/c1-2-8-17(9-3-1)20-22-21-19(23-20)14-13-16-11-6-10-15-7-4-5-12-18(15)16/h1-12H. The summed E-state index contributed by atoms with van der Waals surface area (Å²) in [5.74, 6) is 6.87. The van der Waals surface area contributed by atoms with Gasteiger partial charge >= 0.3 is 0 Å². The molecule has 3 nitrogen and oxygen atoms in total. The first-order chi connectivity index (χ1) is 11.4. The van der Waals surface area contributed by atoms with Crippen molar-refractivity contribution in [3.05, 3.63) is 84.3 Å². The fraction of sp³-hybridized carbons (Fsp3) is 0. The third kappa shape index (κ3) is 2.70. The van der Waals surface area contributed by atoms with Crippen LogP contribution >= 0.6 is 0 Å². The maximum atomic E-state index is 5.61. The summed E-state index contributed by atoms with van der Waals surface area (Å²) >= 11 is 0. The molecular weight excluding hydrogens is 284 g/mol. The number of benzene rings is 3. The highest BCUT2D eigenvalue weighted by Crippen LogP contribution is 2.18. The average molecular weight is 296 g/mol. The van der Waals surface area contributed by atoms with Crippen LogP contribution in [-0.4, -0.2) is 10.2 Å². The Kier molecular flexibility index (Phi) is 3.34. The Morgan fingerprint density at radius 2 is 1.48 bits per heavy atom. The number of hydrogen-bond donors (Lipinski definition) is 0. The van der Waals surface area contributed by atoms with Crippen LogP contribution in [0.25, 0.3) is 22.2 Å². The van der Waals surface area contributed by atoms with Gasteiger partial charge in [-0.2, -0.15) is 0 Å². The van der Waals surface area contributed by atoms with Crippen molar-refractivity contribution in [1.82, 2.24) is 10.2 Å². The summed E-state index contributed by atoms with van der Waals surface area (Å²) in [7, 11) is 0. The fourth-order valence-electron chi connectivity index (χ4n) is 2.43. The highest BCUT2D eigenvalue weighted by molar-refractivity contribution is 5.88. The van der Waals surface area contributed by atoms with E-state index in [9.17, 15) is 0 Å². The third-order valence-electron chi connectivity index (χ3n) is 3.54. The molecule has 4 aromatic rings. The zero-order valence-electron chi connectivity index (χ0n) is 12.2. The van der Waals surface area contributed by atoms with Gasteiger partial charge in [0.15, 0.2) is 0 Å². The Morgan fingerprint density at radius 1 is 0.696 bits per heavy atom. The SMILES string of the molecule is C(#Cc1cccc2ccccc12)c1nnc(-c2ccccc2)o1. The predicted octanol–water partition coefficient (Wildman–Crippen LogP) is 4.29. The molecular formula is C20H12N2O. The minimum Gasteiger partial charge on any atom is -0.410 e. The summed E-state index contributed by atoms with van der Waals surface area (Å²) in [6.07, 6.45) is 0. The summed E-state index contributed by atoms with van der Waals surface area (Å²) in [6.45, 7) is 0. The van der Waals surface area contributed by atoms with E-state index < -0.39 is 0 Å². The van der Waals surface area contributed by atoms with Crippen LogP contribution in [-0.2, 0) is 0 Å². The van der Waals surface area contributed by atoms with Crippen LogP contribution in [0, 0.1) is 11.8 Å². The van der Waals surface area contributed by atoms with Crippen molar-refractivity contribution >= 4 is 10.8 Å². The first-order valence-corrected chi connectivity index (χ1v) is 7.29. The zero-order chi connectivity index (χ0) is 15.5. The number of rotatable bonds is 1. The lowest BCUT2D eigenvalue weighted by Gasteiger charge is -1.98. The lowest BCUT2D eigenvalue weighted by atomic mass is 10.1. The topological polar surface area (TPSA) is 38.9 Å². The van der Waals surface area contributed by atoms with E-state index in [1.54, 1.807) is 0 Å². The molecule has 0 N–H and O–H groups in total. The van der Waals surface area contributed by atoms with Crippen molar-refractivity contribution < 1.29 is 4.42 Å². The monoisotopic (exact) mass is 296 g/mol. The lowest BCUT2D eigenvalue weighted by molar-refractivity contribution is 0.555. The molecule has 0 aliphatic heterocycles. The molecule has 0 aliphatic carbocycles. The summed E-state index contributed by atoms with van der Waals surface area (Å²) in [5.41, 5.74) is 1.83. The van der Waals surface area contributed by atoms with E-state index in [4.69, 9.17) is 4.42 Å². The van der Waals surface area contributed by atoms with Crippen LogP contribution in [0.15, 0.2) is 77.2 Å². The normalized spacial score (nSPS) is 10.3. The second-order valence-corrected chi connectivity index (χ2v) is 5.06. The smallest absolute Gasteiger partial charge is 0.294 e. The molecule has 4 rings (SSSR count). The van der Waals surface area contributed by atoms with E-state index in [-0.39, 0.29) is 0 Å². The molecule has 0 saturated heterocycles. The molecule has 0 aliphatic rings. The van der Waals surface area contributed by atoms with Gasteiger partial charge in [0.1, 0.15) is 0 Å². The van der Waals surface area contributed by atoms with Crippen LogP contribution in [0.4, 0.5) is 0 Å². The Morgan fingerprint density at radius 3 is 2.39 bits per heavy atom. The van der Waals surface area contributed by atoms with Gasteiger partial charge < -0.3 is 4.42 Å². The number of nitrogens with zero attached hydrogens (tertiary/aromatic N) is 2. The Labute approximate surface area is 133 Å². The average Bonchev–Trinajstić information content (AvgIpc) is 3.10. The van der Waals surface area contributed by atoms with Gasteiger partial charge in [0.25, 0.3) is 5.89 Å². The molecule has 3 aromatic carbocycles. The predicted molar refractivity (Wildman–Crippen MR) is 89.7 cm³/mol. The van der Waals surface area contributed by atoms with Crippen molar-refractivity contribution in [3.8, 4) is 23.3 Å². The van der Waals surface area contributed by atoms with Gasteiger partial charge in [-0.25, -0.2) is 0 Å². The van der Waals surface area contributed by atoms with E-state index >= 15 is 0 Å². The van der Waals surface area contributed by atoms with Crippen LogP contribution in [0.3, 0.4) is 0 Å². The van der Waals surface area contributed by atoms with Crippen molar-refractivity contribution in [2.75, 3.05) is 0 Å².